The summed E-state index contributed by atoms with van der Waals surface area (Å²) in [6.07, 6.45) is 0.706. The molecule has 1 aliphatic heterocycles. The topological polar surface area (TPSA) is 60.3 Å². The van der Waals surface area contributed by atoms with Crippen LogP contribution in [0, 0.1) is 0 Å². The third-order valence-corrected chi connectivity index (χ3v) is 5.17. The first-order valence-corrected chi connectivity index (χ1v) is 9.80. The van der Waals surface area contributed by atoms with E-state index in [1.54, 1.807) is 20.2 Å². The Bertz CT molecular complexity index is 820. The van der Waals surface area contributed by atoms with Crippen molar-refractivity contribution in [3.63, 3.8) is 0 Å². The van der Waals surface area contributed by atoms with Gasteiger partial charge in [0, 0.05) is 56.5 Å². The minimum atomic E-state index is 0.256. The normalized spacial score (nSPS) is 14.9. The molecule has 0 aromatic heterocycles. The number of rotatable bonds is 5. The fourth-order valence-corrected chi connectivity index (χ4v) is 3.56. The van der Waals surface area contributed by atoms with Crippen molar-refractivity contribution in [3.8, 4) is 11.5 Å². The van der Waals surface area contributed by atoms with Gasteiger partial charge in [0.25, 0.3) is 0 Å². The summed E-state index contributed by atoms with van der Waals surface area (Å²) in [5, 5.41) is 14.3. The fourth-order valence-electron chi connectivity index (χ4n) is 3.37. The number of aromatic hydroxyl groups is 1. The minimum Gasteiger partial charge on any atom is -0.508 e. The number of hydrogen-bond donors (Lipinski definition) is 2. The third kappa shape index (κ3) is 5.01. The molecule has 150 valence electrons. The van der Waals surface area contributed by atoms with Crippen LogP contribution < -0.4 is 15.0 Å². The van der Waals surface area contributed by atoms with Gasteiger partial charge in [0.2, 0.25) is 0 Å². The van der Waals surface area contributed by atoms with Gasteiger partial charge < -0.3 is 25.0 Å². The SMILES string of the molecule is CN=C(NCCc1ccc(OC)cc1O)N1CCN(c2cccc(Cl)c2)CC1. The predicted molar refractivity (Wildman–Crippen MR) is 115 cm³/mol. The Balaban J connectivity index is 1.50. The van der Waals surface area contributed by atoms with Gasteiger partial charge in [-0.05, 0) is 36.2 Å². The zero-order valence-corrected chi connectivity index (χ0v) is 17.1. The molecule has 0 amide bonds. The molecule has 2 aromatic carbocycles. The van der Waals surface area contributed by atoms with Crippen molar-refractivity contribution in [3.05, 3.63) is 53.1 Å². The van der Waals surface area contributed by atoms with E-state index in [1.807, 2.05) is 30.3 Å². The fraction of sp³-hybridized carbons (Fsp3) is 0.381. The van der Waals surface area contributed by atoms with Crippen LogP contribution in [-0.2, 0) is 6.42 Å². The summed E-state index contributed by atoms with van der Waals surface area (Å²) in [5.74, 6) is 1.80. The lowest BCUT2D eigenvalue weighted by atomic mass is 10.1. The Morgan fingerprint density at radius 3 is 2.61 bits per heavy atom. The molecule has 0 bridgehead atoms. The van der Waals surface area contributed by atoms with Crippen LogP contribution in [0.25, 0.3) is 0 Å². The van der Waals surface area contributed by atoms with Crippen LogP contribution in [0.5, 0.6) is 11.5 Å². The average molecular weight is 403 g/mol. The summed E-state index contributed by atoms with van der Waals surface area (Å²) in [6, 6.07) is 13.4. The lowest BCUT2D eigenvalue weighted by molar-refractivity contribution is 0.372. The van der Waals surface area contributed by atoms with Gasteiger partial charge in [0.15, 0.2) is 5.96 Å². The number of anilines is 1. The number of halogens is 1. The molecule has 6 nitrogen and oxygen atoms in total. The van der Waals surface area contributed by atoms with Gasteiger partial charge in [-0.25, -0.2) is 0 Å². The maximum absolute atomic E-state index is 10.1. The van der Waals surface area contributed by atoms with Gasteiger partial charge in [-0.15, -0.1) is 0 Å². The van der Waals surface area contributed by atoms with Crippen molar-refractivity contribution in [1.29, 1.82) is 0 Å². The quantitative estimate of drug-likeness (QED) is 0.594. The van der Waals surface area contributed by atoms with Crippen molar-refractivity contribution in [2.75, 3.05) is 51.8 Å². The number of phenolic OH excluding ortho intramolecular Hbond substituents is 1. The van der Waals surface area contributed by atoms with Gasteiger partial charge in [-0.1, -0.05) is 23.7 Å². The van der Waals surface area contributed by atoms with Crippen LogP contribution in [-0.4, -0.2) is 62.8 Å². The van der Waals surface area contributed by atoms with Crippen molar-refractivity contribution in [2.45, 2.75) is 6.42 Å². The summed E-state index contributed by atoms with van der Waals surface area (Å²) >= 11 is 6.11. The van der Waals surface area contributed by atoms with Crippen LogP contribution in [0.15, 0.2) is 47.5 Å². The standard InChI is InChI=1S/C21H27ClN4O2/c1-23-21(24-9-8-16-6-7-19(28-2)15-20(16)27)26-12-10-25(11-13-26)18-5-3-4-17(22)14-18/h3-7,14-15,27H,8-13H2,1-2H3,(H,23,24). The number of piperazine rings is 1. The molecule has 0 unspecified atom stereocenters. The molecule has 2 N–H and O–H groups in total. The molecule has 1 fully saturated rings. The highest BCUT2D eigenvalue weighted by atomic mass is 35.5. The first kappa shape index (κ1) is 20.1. The molecule has 0 atom stereocenters. The molecule has 1 aliphatic rings. The molecule has 2 aromatic rings. The Labute approximate surface area is 171 Å². The Morgan fingerprint density at radius 2 is 1.96 bits per heavy atom. The van der Waals surface area contributed by atoms with Gasteiger partial charge in [0.05, 0.1) is 7.11 Å². The number of phenols is 1. The number of nitrogens with zero attached hydrogens (tertiary/aromatic N) is 3. The minimum absolute atomic E-state index is 0.256. The van der Waals surface area contributed by atoms with E-state index in [0.29, 0.717) is 18.7 Å². The van der Waals surface area contributed by atoms with E-state index in [9.17, 15) is 5.11 Å². The zero-order chi connectivity index (χ0) is 19.9. The monoisotopic (exact) mass is 402 g/mol. The van der Waals surface area contributed by atoms with Gasteiger partial charge >= 0.3 is 0 Å². The van der Waals surface area contributed by atoms with Crippen molar-refractivity contribution >= 4 is 23.2 Å². The van der Waals surface area contributed by atoms with Crippen LogP contribution in [0.2, 0.25) is 5.02 Å². The number of guanidine groups is 1. The van der Waals surface area contributed by atoms with Gasteiger partial charge in [0.1, 0.15) is 11.5 Å². The second kappa shape index (κ2) is 9.55. The summed E-state index contributed by atoms with van der Waals surface area (Å²) in [5.41, 5.74) is 2.04. The molecule has 28 heavy (non-hydrogen) atoms. The summed E-state index contributed by atoms with van der Waals surface area (Å²) in [4.78, 5) is 9.01. The lowest BCUT2D eigenvalue weighted by Gasteiger charge is -2.37. The number of methoxy groups -OCH3 is 1. The maximum atomic E-state index is 10.1. The first-order chi connectivity index (χ1) is 13.6. The van der Waals surface area contributed by atoms with E-state index in [-0.39, 0.29) is 5.75 Å². The Hall–Kier alpha value is -2.60. The maximum Gasteiger partial charge on any atom is 0.193 e. The molecule has 3 rings (SSSR count). The van der Waals surface area contributed by atoms with Crippen molar-refractivity contribution in [2.24, 2.45) is 4.99 Å². The Morgan fingerprint density at radius 1 is 1.18 bits per heavy atom. The number of aliphatic imine (C=N–C) groups is 1. The largest absolute Gasteiger partial charge is 0.508 e. The molecule has 0 saturated carbocycles. The van der Waals surface area contributed by atoms with Crippen LogP contribution in [0.4, 0.5) is 5.69 Å². The molecule has 7 heteroatoms. The molecule has 0 spiro atoms. The Kier molecular flexibility index (Phi) is 6.87. The molecule has 0 radical (unpaired) electrons. The number of hydrogen-bond acceptors (Lipinski definition) is 4. The highest BCUT2D eigenvalue weighted by molar-refractivity contribution is 6.30. The predicted octanol–water partition coefficient (Wildman–Crippen LogP) is 2.99. The summed E-state index contributed by atoms with van der Waals surface area (Å²) in [6.45, 7) is 4.31. The van der Waals surface area contributed by atoms with E-state index >= 15 is 0 Å². The average Bonchev–Trinajstić information content (AvgIpc) is 2.72. The number of ether oxygens (including phenoxy) is 1. The van der Waals surface area contributed by atoms with E-state index in [2.05, 4.69) is 26.2 Å². The van der Waals surface area contributed by atoms with Gasteiger partial charge in [-0.2, -0.15) is 0 Å². The lowest BCUT2D eigenvalue weighted by Crippen LogP contribution is -2.52. The van der Waals surface area contributed by atoms with E-state index in [4.69, 9.17) is 16.3 Å². The second-order valence-corrected chi connectivity index (χ2v) is 7.11. The first-order valence-electron chi connectivity index (χ1n) is 9.42. The molecule has 0 aliphatic carbocycles. The summed E-state index contributed by atoms with van der Waals surface area (Å²) < 4.78 is 5.12. The van der Waals surface area contributed by atoms with Crippen LogP contribution in [0.3, 0.4) is 0 Å². The smallest absolute Gasteiger partial charge is 0.193 e. The molecule has 1 heterocycles. The molecular weight excluding hydrogens is 376 g/mol. The highest BCUT2D eigenvalue weighted by Gasteiger charge is 2.20. The third-order valence-electron chi connectivity index (χ3n) is 4.93. The number of benzene rings is 2. The highest BCUT2D eigenvalue weighted by Crippen LogP contribution is 2.23. The molecule has 1 saturated heterocycles. The van der Waals surface area contributed by atoms with Crippen molar-refractivity contribution in [1.82, 2.24) is 10.2 Å². The van der Waals surface area contributed by atoms with E-state index < -0.39 is 0 Å². The second-order valence-electron chi connectivity index (χ2n) is 6.67. The van der Waals surface area contributed by atoms with Gasteiger partial charge in [-0.3, -0.25) is 4.99 Å². The number of nitrogens with one attached hydrogen (secondary N) is 1. The van der Waals surface area contributed by atoms with E-state index in [1.165, 1.54) is 0 Å². The van der Waals surface area contributed by atoms with Crippen LogP contribution >= 0.6 is 11.6 Å². The van der Waals surface area contributed by atoms with Crippen LogP contribution in [0.1, 0.15) is 5.56 Å². The molecular formula is C21H27ClN4O2. The van der Waals surface area contributed by atoms with Crippen molar-refractivity contribution < 1.29 is 9.84 Å². The summed E-state index contributed by atoms with van der Waals surface area (Å²) in [7, 11) is 3.39. The van der Waals surface area contributed by atoms with E-state index in [0.717, 1.165) is 48.4 Å². The zero-order valence-electron chi connectivity index (χ0n) is 16.4.